The van der Waals surface area contributed by atoms with Gasteiger partial charge >= 0.3 is 0 Å². The summed E-state index contributed by atoms with van der Waals surface area (Å²) in [7, 11) is 0. The molecule has 0 heterocycles. The second-order valence-corrected chi connectivity index (χ2v) is 5.96. The number of rotatable bonds is 0. The summed E-state index contributed by atoms with van der Waals surface area (Å²) >= 11 is 0. The fourth-order valence-corrected chi connectivity index (χ4v) is 3.59. The van der Waals surface area contributed by atoms with Crippen molar-refractivity contribution in [1.82, 2.24) is 0 Å². The van der Waals surface area contributed by atoms with E-state index in [2.05, 4.69) is 32.9 Å². The van der Waals surface area contributed by atoms with E-state index in [0.717, 1.165) is 6.42 Å². The Bertz CT molecular complexity index is 254. The zero-order chi connectivity index (χ0) is 10.4. The summed E-state index contributed by atoms with van der Waals surface area (Å²) < 4.78 is 0. The number of hydrogen-bond acceptors (Lipinski definition) is 1. The van der Waals surface area contributed by atoms with E-state index in [1.807, 2.05) is 0 Å². The Labute approximate surface area is 87.2 Å². The van der Waals surface area contributed by atoms with Crippen LogP contribution in [-0.4, -0.2) is 11.2 Å². The van der Waals surface area contributed by atoms with Gasteiger partial charge in [0.05, 0.1) is 6.10 Å². The van der Waals surface area contributed by atoms with E-state index < -0.39 is 0 Å². The Balaban J connectivity index is 2.36. The maximum atomic E-state index is 10.1. The monoisotopic (exact) mass is 194 g/mol. The second-order valence-electron chi connectivity index (χ2n) is 5.96. The smallest absolute Gasteiger partial charge is 0.0631 e. The molecule has 2 rings (SSSR count). The summed E-state index contributed by atoms with van der Waals surface area (Å²) in [6.07, 6.45) is 9.03. The first-order valence-electron chi connectivity index (χ1n) is 5.82. The third-order valence-corrected chi connectivity index (χ3v) is 4.50. The van der Waals surface area contributed by atoms with Crippen molar-refractivity contribution in [3.63, 3.8) is 0 Å². The molecule has 0 aliphatic heterocycles. The lowest BCUT2D eigenvalue weighted by atomic mass is 9.53. The van der Waals surface area contributed by atoms with E-state index in [9.17, 15) is 5.11 Å². The van der Waals surface area contributed by atoms with Gasteiger partial charge in [0.25, 0.3) is 0 Å². The van der Waals surface area contributed by atoms with Crippen molar-refractivity contribution >= 4 is 0 Å². The van der Waals surface area contributed by atoms with Crippen LogP contribution in [0, 0.1) is 16.7 Å². The topological polar surface area (TPSA) is 20.2 Å². The fraction of sp³-hybridized carbons (Fsp3) is 0.846. The minimum absolute atomic E-state index is 0.0417. The highest BCUT2D eigenvalue weighted by molar-refractivity contribution is 5.14. The molecule has 0 bridgehead atoms. The Kier molecular flexibility index (Phi) is 2.26. The van der Waals surface area contributed by atoms with Gasteiger partial charge in [-0.3, -0.25) is 0 Å². The van der Waals surface area contributed by atoms with Gasteiger partial charge in [-0.2, -0.15) is 0 Å². The van der Waals surface area contributed by atoms with Crippen LogP contribution < -0.4 is 0 Å². The van der Waals surface area contributed by atoms with Crippen molar-refractivity contribution in [2.24, 2.45) is 16.7 Å². The first-order chi connectivity index (χ1) is 6.47. The summed E-state index contributed by atoms with van der Waals surface area (Å²) in [5, 5.41) is 10.1. The van der Waals surface area contributed by atoms with Crippen molar-refractivity contribution in [1.29, 1.82) is 0 Å². The van der Waals surface area contributed by atoms with Crippen molar-refractivity contribution < 1.29 is 5.11 Å². The molecule has 80 valence electrons. The predicted molar refractivity (Wildman–Crippen MR) is 59.0 cm³/mol. The molecule has 3 atom stereocenters. The van der Waals surface area contributed by atoms with E-state index in [4.69, 9.17) is 0 Å². The van der Waals surface area contributed by atoms with Gasteiger partial charge in [0.15, 0.2) is 0 Å². The highest BCUT2D eigenvalue weighted by Crippen LogP contribution is 2.54. The van der Waals surface area contributed by atoms with Crippen LogP contribution in [0.15, 0.2) is 12.2 Å². The maximum Gasteiger partial charge on any atom is 0.0631 e. The molecule has 1 nitrogen and oxygen atoms in total. The summed E-state index contributed by atoms with van der Waals surface area (Å²) in [5.41, 5.74) is 0.408. The van der Waals surface area contributed by atoms with Crippen LogP contribution in [0.1, 0.15) is 46.5 Å². The van der Waals surface area contributed by atoms with Crippen LogP contribution in [-0.2, 0) is 0 Å². The quantitative estimate of drug-likeness (QED) is 0.587. The molecule has 0 spiro atoms. The molecule has 0 aromatic carbocycles. The Morgan fingerprint density at radius 2 is 1.93 bits per heavy atom. The highest BCUT2D eigenvalue weighted by atomic mass is 16.3. The molecule has 2 aliphatic rings. The Hall–Kier alpha value is -0.300. The Morgan fingerprint density at radius 1 is 1.21 bits per heavy atom. The number of aliphatic hydroxyl groups excluding tert-OH is 1. The molecule has 2 aliphatic carbocycles. The van der Waals surface area contributed by atoms with Crippen LogP contribution in [0.2, 0.25) is 0 Å². The standard InChI is InChI=1S/C13H22O/c1-12(2)8-5-9-13(3)10(12)6-4-7-11(13)14/h5,9-11,14H,4,6-8H2,1-3H3. The van der Waals surface area contributed by atoms with E-state index >= 15 is 0 Å². The molecule has 1 N–H and O–H groups in total. The van der Waals surface area contributed by atoms with E-state index in [0.29, 0.717) is 11.3 Å². The lowest BCUT2D eigenvalue weighted by molar-refractivity contribution is -0.0603. The third kappa shape index (κ3) is 1.33. The van der Waals surface area contributed by atoms with Gasteiger partial charge in [0, 0.05) is 5.41 Å². The van der Waals surface area contributed by atoms with E-state index in [1.165, 1.54) is 19.3 Å². The van der Waals surface area contributed by atoms with Crippen LogP contribution in [0.25, 0.3) is 0 Å². The van der Waals surface area contributed by atoms with Gasteiger partial charge in [0.2, 0.25) is 0 Å². The number of hydrogen-bond donors (Lipinski definition) is 1. The zero-order valence-corrected chi connectivity index (χ0v) is 9.59. The van der Waals surface area contributed by atoms with E-state index in [-0.39, 0.29) is 11.5 Å². The van der Waals surface area contributed by atoms with Crippen molar-refractivity contribution in [3.05, 3.63) is 12.2 Å². The fourth-order valence-electron chi connectivity index (χ4n) is 3.59. The summed E-state index contributed by atoms with van der Waals surface area (Å²) in [4.78, 5) is 0. The molecule has 0 radical (unpaired) electrons. The van der Waals surface area contributed by atoms with Crippen LogP contribution in [0.4, 0.5) is 0 Å². The van der Waals surface area contributed by atoms with Crippen LogP contribution in [0.3, 0.4) is 0 Å². The predicted octanol–water partition coefficient (Wildman–Crippen LogP) is 3.14. The van der Waals surface area contributed by atoms with Crippen molar-refractivity contribution in [2.75, 3.05) is 0 Å². The number of aliphatic hydroxyl groups is 1. The average Bonchev–Trinajstić information content (AvgIpc) is 2.08. The van der Waals surface area contributed by atoms with Crippen LogP contribution >= 0.6 is 0 Å². The highest BCUT2D eigenvalue weighted by Gasteiger charge is 2.49. The zero-order valence-electron chi connectivity index (χ0n) is 9.59. The van der Waals surface area contributed by atoms with Gasteiger partial charge in [-0.05, 0) is 30.6 Å². The molecule has 0 saturated heterocycles. The molecule has 1 saturated carbocycles. The summed E-state index contributed by atoms with van der Waals surface area (Å²) in [6.45, 7) is 6.92. The van der Waals surface area contributed by atoms with Crippen molar-refractivity contribution in [2.45, 2.75) is 52.6 Å². The molecule has 14 heavy (non-hydrogen) atoms. The molecule has 0 amide bonds. The number of allylic oxidation sites excluding steroid dienone is 1. The SMILES string of the molecule is CC1(C)CC=CC2(C)C(O)CCCC12. The lowest BCUT2D eigenvalue weighted by Gasteiger charge is -2.52. The summed E-state index contributed by atoms with van der Waals surface area (Å²) in [5.74, 6) is 0.656. The molecule has 1 heteroatoms. The first kappa shape index (κ1) is 10.2. The van der Waals surface area contributed by atoms with E-state index in [1.54, 1.807) is 0 Å². The van der Waals surface area contributed by atoms with Crippen LogP contribution in [0.5, 0.6) is 0 Å². The summed E-state index contributed by atoms with van der Waals surface area (Å²) in [6, 6.07) is 0. The minimum atomic E-state index is -0.128. The maximum absolute atomic E-state index is 10.1. The molecule has 1 fully saturated rings. The molecule has 3 unspecified atom stereocenters. The second kappa shape index (κ2) is 3.10. The normalized spacial score (nSPS) is 46.0. The minimum Gasteiger partial charge on any atom is -0.392 e. The van der Waals surface area contributed by atoms with Gasteiger partial charge in [-0.15, -0.1) is 0 Å². The average molecular weight is 194 g/mol. The lowest BCUT2D eigenvalue weighted by Crippen LogP contribution is -2.49. The molecular weight excluding hydrogens is 172 g/mol. The van der Waals surface area contributed by atoms with Gasteiger partial charge in [-0.25, -0.2) is 0 Å². The molecule has 0 aromatic heterocycles. The largest absolute Gasteiger partial charge is 0.392 e. The molecular formula is C13H22O. The van der Waals surface area contributed by atoms with Crippen molar-refractivity contribution in [3.8, 4) is 0 Å². The van der Waals surface area contributed by atoms with Gasteiger partial charge < -0.3 is 5.11 Å². The third-order valence-electron chi connectivity index (χ3n) is 4.50. The Morgan fingerprint density at radius 3 is 2.57 bits per heavy atom. The number of fused-ring (bicyclic) bond motifs is 1. The van der Waals surface area contributed by atoms with Gasteiger partial charge in [0.1, 0.15) is 0 Å². The molecule has 0 aromatic rings. The first-order valence-corrected chi connectivity index (χ1v) is 5.82. The van der Waals surface area contributed by atoms with Gasteiger partial charge in [-0.1, -0.05) is 39.3 Å².